The molecule has 4 N–H and O–H groups in total. The molecule has 6 amide bonds. The topological polar surface area (TPSA) is 175 Å². The SMILES string of the molecule is COc1c(Br)cc2cc1Oc1ccc(cc1)C[C@H](N(C)C(=O)CNC(=O)CN(C)C(=O)CNC(=O)C(C)NC=O)C(=O)NCC2. The molecule has 2 aliphatic rings. The number of fused-ring (bicyclic) bond motifs is 7. The Morgan fingerprint density at radius 3 is 2.44 bits per heavy atom. The second-order valence-corrected chi connectivity index (χ2v) is 11.2. The number of benzene rings is 2. The van der Waals surface area contributed by atoms with Crippen molar-refractivity contribution in [2.45, 2.75) is 31.8 Å². The van der Waals surface area contributed by atoms with Crippen molar-refractivity contribution >= 4 is 51.9 Å². The van der Waals surface area contributed by atoms with Gasteiger partial charge in [0.05, 0.1) is 31.2 Å². The largest absolute Gasteiger partial charge is 0.492 e. The summed E-state index contributed by atoms with van der Waals surface area (Å²) in [6.45, 7) is 0.609. The molecule has 4 bridgehead atoms. The van der Waals surface area contributed by atoms with E-state index in [-0.39, 0.29) is 25.4 Å². The van der Waals surface area contributed by atoms with Crippen molar-refractivity contribution < 1.29 is 38.2 Å². The number of hydrogen-bond donors (Lipinski definition) is 4. The lowest BCUT2D eigenvalue weighted by molar-refractivity contribution is -0.139. The van der Waals surface area contributed by atoms with E-state index >= 15 is 0 Å². The van der Waals surface area contributed by atoms with Crippen LogP contribution in [0.25, 0.3) is 0 Å². The first-order valence-electron chi connectivity index (χ1n) is 14.1. The molecule has 2 atom stereocenters. The Labute approximate surface area is 269 Å². The Balaban J connectivity index is 1.61. The number of carbonyl (C=O) groups is 6. The van der Waals surface area contributed by atoms with Gasteiger partial charge in [0, 0.05) is 27.1 Å². The van der Waals surface area contributed by atoms with E-state index in [1.54, 1.807) is 19.2 Å². The molecule has 0 spiro atoms. The predicted octanol–water partition coefficient (Wildman–Crippen LogP) is 0.117. The minimum atomic E-state index is -0.869. The number of methoxy groups -OCH3 is 1. The van der Waals surface area contributed by atoms with Gasteiger partial charge in [-0.1, -0.05) is 12.1 Å². The summed E-state index contributed by atoms with van der Waals surface area (Å²) >= 11 is 3.51. The van der Waals surface area contributed by atoms with Crippen LogP contribution in [0.2, 0.25) is 0 Å². The lowest BCUT2D eigenvalue weighted by atomic mass is 10.0. The van der Waals surface area contributed by atoms with Gasteiger partial charge in [-0.05, 0) is 64.7 Å². The molecule has 14 nitrogen and oxygen atoms in total. The zero-order valence-electron chi connectivity index (χ0n) is 25.5. The molecule has 15 heteroatoms. The average Bonchev–Trinajstić information content (AvgIpc) is 3.01. The van der Waals surface area contributed by atoms with Crippen LogP contribution in [0.3, 0.4) is 0 Å². The van der Waals surface area contributed by atoms with Crippen LogP contribution >= 0.6 is 15.9 Å². The van der Waals surface area contributed by atoms with E-state index in [4.69, 9.17) is 9.47 Å². The normalized spacial score (nSPS) is 14.9. The summed E-state index contributed by atoms with van der Waals surface area (Å²) in [7, 11) is 4.42. The monoisotopic (exact) mass is 688 g/mol. The molecule has 0 saturated carbocycles. The van der Waals surface area contributed by atoms with Crippen LogP contribution in [-0.2, 0) is 41.6 Å². The third-order valence-corrected chi connectivity index (χ3v) is 7.69. The molecule has 0 aromatic heterocycles. The number of nitrogens with zero attached hydrogens (tertiary/aromatic N) is 2. The van der Waals surface area contributed by atoms with Crippen molar-refractivity contribution in [3.63, 3.8) is 0 Å². The Morgan fingerprint density at radius 1 is 1.09 bits per heavy atom. The Kier molecular flexibility index (Phi) is 12.7. The van der Waals surface area contributed by atoms with Gasteiger partial charge in [-0.3, -0.25) is 28.8 Å². The highest BCUT2D eigenvalue weighted by atomic mass is 79.9. The van der Waals surface area contributed by atoms with Gasteiger partial charge in [-0.15, -0.1) is 0 Å². The molecule has 4 rings (SSSR count). The summed E-state index contributed by atoms with van der Waals surface area (Å²) in [5, 5.41) is 10.0. The Morgan fingerprint density at radius 2 is 1.78 bits per heavy atom. The van der Waals surface area contributed by atoms with Crippen molar-refractivity contribution in [1.82, 2.24) is 31.1 Å². The summed E-state index contributed by atoms with van der Waals surface area (Å²) < 4.78 is 12.3. The van der Waals surface area contributed by atoms with Crippen LogP contribution in [0.4, 0.5) is 0 Å². The third kappa shape index (κ3) is 9.93. The van der Waals surface area contributed by atoms with E-state index in [1.807, 2.05) is 24.3 Å². The van der Waals surface area contributed by atoms with Crippen LogP contribution in [0.1, 0.15) is 18.1 Å². The van der Waals surface area contributed by atoms with Gasteiger partial charge in [0.25, 0.3) is 0 Å². The first kappa shape index (κ1) is 34.8. The fraction of sp³-hybridized carbons (Fsp3) is 0.400. The highest BCUT2D eigenvalue weighted by Gasteiger charge is 2.28. The maximum Gasteiger partial charge on any atom is 0.243 e. The molecular weight excluding hydrogens is 652 g/mol. The highest BCUT2D eigenvalue weighted by molar-refractivity contribution is 9.10. The van der Waals surface area contributed by atoms with Crippen molar-refractivity contribution in [3.05, 3.63) is 52.0 Å². The number of nitrogens with one attached hydrogen (secondary N) is 4. The molecule has 0 radical (unpaired) electrons. The quantitative estimate of drug-likeness (QED) is 0.241. The Bertz CT molecular complexity index is 1420. The number of ether oxygens (including phenoxy) is 2. The standard InChI is InChI=1S/C30H37BrN6O8/c1-18(35-17-38)29(42)34-14-26(40)36(2)16-25(39)33-15-27(41)37(3)23-12-19-5-7-21(8-6-19)45-24-13-20(9-10-32-30(23)43)11-22(31)28(24)44-4/h5-8,11,13,17-18,23H,9-10,12,14-16H2,1-4H3,(H,32,43)(H,33,39)(H,34,42)(H,35,38)/t18?,23-/m0/s1. The van der Waals surface area contributed by atoms with E-state index in [1.165, 1.54) is 25.9 Å². The van der Waals surface area contributed by atoms with E-state index in [0.717, 1.165) is 16.0 Å². The van der Waals surface area contributed by atoms with Gasteiger partial charge < -0.3 is 40.5 Å². The van der Waals surface area contributed by atoms with Crippen molar-refractivity contribution in [3.8, 4) is 17.2 Å². The number of likely N-dealkylation sites (N-methyl/N-ethyl adjacent to an activating group) is 2. The van der Waals surface area contributed by atoms with E-state index in [0.29, 0.717) is 41.1 Å². The van der Waals surface area contributed by atoms with Crippen LogP contribution in [-0.4, -0.2) is 105 Å². The zero-order chi connectivity index (χ0) is 33.1. The summed E-state index contributed by atoms with van der Waals surface area (Å²) in [4.78, 5) is 75.9. The van der Waals surface area contributed by atoms with E-state index in [2.05, 4.69) is 37.2 Å². The molecule has 2 heterocycles. The third-order valence-electron chi connectivity index (χ3n) is 7.10. The molecule has 2 aliphatic heterocycles. The van der Waals surface area contributed by atoms with Gasteiger partial charge in [0.2, 0.25) is 35.9 Å². The van der Waals surface area contributed by atoms with Crippen LogP contribution in [0.5, 0.6) is 17.2 Å². The number of amides is 6. The lowest BCUT2D eigenvalue weighted by Gasteiger charge is -2.28. The molecule has 2 aromatic rings. The van der Waals surface area contributed by atoms with Gasteiger partial charge in [-0.25, -0.2) is 0 Å². The second kappa shape index (κ2) is 16.4. The van der Waals surface area contributed by atoms with Crippen LogP contribution in [0, 0.1) is 0 Å². The number of halogens is 1. The molecular formula is C30H37BrN6O8. The molecule has 0 aliphatic carbocycles. The van der Waals surface area contributed by atoms with E-state index < -0.39 is 42.3 Å². The van der Waals surface area contributed by atoms with Gasteiger partial charge in [0.15, 0.2) is 11.5 Å². The molecule has 45 heavy (non-hydrogen) atoms. The average molecular weight is 690 g/mol. The first-order valence-corrected chi connectivity index (χ1v) is 14.9. The maximum absolute atomic E-state index is 13.3. The summed E-state index contributed by atoms with van der Waals surface area (Å²) in [6.07, 6.45) is 1.08. The maximum atomic E-state index is 13.3. The van der Waals surface area contributed by atoms with Gasteiger partial charge >= 0.3 is 0 Å². The van der Waals surface area contributed by atoms with Crippen molar-refractivity contribution in [2.24, 2.45) is 0 Å². The lowest BCUT2D eigenvalue weighted by Crippen LogP contribution is -2.52. The molecule has 0 fully saturated rings. The smallest absolute Gasteiger partial charge is 0.243 e. The summed E-state index contributed by atoms with van der Waals surface area (Å²) in [5.41, 5.74) is 1.68. The second-order valence-electron chi connectivity index (χ2n) is 10.4. The molecule has 2 aromatic carbocycles. The number of rotatable bonds is 11. The van der Waals surface area contributed by atoms with Crippen LogP contribution in [0.15, 0.2) is 40.9 Å². The van der Waals surface area contributed by atoms with E-state index in [9.17, 15) is 28.8 Å². The minimum absolute atomic E-state index is 0.215. The fourth-order valence-electron chi connectivity index (χ4n) is 4.40. The van der Waals surface area contributed by atoms with Crippen LogP contribution < -0.4 is 30.7 Å². The molecule has 0 saturated heterocycles. The summed E-state index contributed by atoms with van der Waals surface area (Å²) in [6, 6.07) is 9.19. The fourth-order valence-corrected chi connectivity index (χ4v) is 5.05. The van der Waals surface area contributed by atoms with Gasteiger partial charge in [-0.2, -0.15) is 0 Å². The number of carbonyl (C=O) groups excluding carboxylic acids is 6. The van der Waals surface area contributed by atoms with Crippen molar-refractivity contribution in [1.29, 1.82) is 0 Å². The number of hydrogen-bond acceptors (Lipinski definition) is 8. The molecule has 242 valence electrons. The van der Waals surface area contributed by atoms with Gasteiger partial charge in [0.1, 0.15) is 17.8 Å². The molecule has 1 unspecified atom stereocenters. The Hall–Kier alpha value is -4.66. The van der Waals surface area contributed by atoms with Crippen molar-refractivity contribution in [2.75, 3.05) is 47.4 Å². The zero-order valence-corrected chi connectivity index (χ0v) is 27.1. The first-order chi connectivity index (χ1) is 21.4. The minimum Gasteiger partial charge on any atom is -0.492 e. The predicted molar refractivity (Wildman–Crippen MR) is 167 cm³/mol. The highest BCUT2D eigenvalue weighted by Crippen LogP contribution is 2.39. The summed E-state index contributed by atoms with van der Waals surface area (Å²) in [5.74, 6) is -0.926.